The zero-order valence-corrected chi connectivity index (χ0v) is 18.7. The molecule has 1 saturated heterocycles. The van der Waals surface area contributed by atoms with Crippen LogP contribution in [0.3, 0.4) is 0 Å². The maximum Gasteiger partial charge on any atom is 0.228 e. The van der Waals surface area contributed by atoms with Crippen LogP contribution in [0.4, 0.5) is 11.4 Å². The van der Waals surface area contributed by atoms with Crippen LogP contribution in [-0.2, 0) is 4.79 Å². The number of anilines is 2. The maximum absolute atomic E-state index is 12.7. The molecule has 5 nitrogen and oxygen atoms in total. The second-order valence-corrected chi connectivity index (χ2v) is 8.40. The fourth-order valence-corrected chi connectivity index (χ4v) is 4.43. The van der Waals surface area contributed by atoms with Crippen LogP contribution >= 0.6 is 0 Å². The van der Waals surface area contributed by atoms with Crippen molar-refractivity contribution in [2.24, 2.45) is 0 Å². The Hall–Kier alpha value is -3.15. The SMILES string of the molecule is CN(C(=O)CCN1CCN(C(c2ccccc2)c2ccccc2)CC1)c1cccc(N)c1. The summed E-state index contributed by atoms with van der Waals surface area (Å²) in [6.45, 7) is 4.67. The van der Waals surface area contributed by atoms with E-state index in [1.807, 2.05) is 31.3 Å². The molecule has 0 bridgehead atoms. The van der Waals surface area contributed by atoms with Crippen LogP contribution in [-0.4, -0.2) is 55.5 Å². The van der Waals surface area contributed by atoms with E-state index in [1.165, 1.54) is 11.1 Å². The van der Waals surface area contributed by atoms with Crippen LogP contribution in [0.5, 0.6) is 0 Å². The molecule has 1 amide bonds. The van der Waals surface area contributed by atoms with Gasteiger partial charge in [-0.2, -0.15) is 0 Å². The van der Waals surface area contributed by atoms with Crippen molar-refractivity contribution in [2.75, 3.05) is 50.4 Å². The molecule has 0 atom stereocenters. The van der Waals surface area contributed by atoms with Gasteiger partial charge in [-0.25, -0.2) is 0 Å². The van der Waals surface area contributed by atoms with Gasteiger partial charge in [-0.1, -0.05) is 66.7 Å². The fourth-order valence-electron chi connectivity index (χ4n) is 4.43. The predicted molar refractivity (Wildman–Crippen MR) is 132 cm³/mol. The Kier molecular flexibility index (Phi) is 7.20. The number of hydrogen-bond acceptors (Lipinski definition) is 4. The highest BCUT2D eigenvalue weighted by atomic mass is 16.2. The van der Waals surface area contributed by atoms with Crippen LogP contribution < -0.4 is 10.6 Å². The molecule has 4 rings (SSSR count). The summed E-state index contributed by atoms with van der Waals surface area (Å²) in [4.78, 5) is 19.3. The number of nitrogen functional groups attached to an aromatic ring is 1. The first-order valence-corrected chi connectivity index (χ1v) is 11.3. The third-order valence-electron chi connectivity index (χ3n) is 6.28. The summed E-state index contributed by atoms with van der Waals surface area (Å²) < 4.78 is 0. The van der Waals surface area contributed by atoms with Gasteiger partial charge in [-0.3, -0.25) is 9.69 Å². The Balaban J connectivity index is 1.34. The highest BCUT2D eigenvalue weighted by Gasteiger charge is 2.26. The topological polar surface area (TPSA) is 52.8 Å². The summed E-state index contributed by atoms with van der Waals surface area (Å²) in [6, 6.07) is 29.2. The first-order valence-electron chi connectivity index (χ1n) is 11.3. The minimum atomic E-state index is 0.115. The van der Waals surface area contributed by atoms with Gasteiger partial charge in [-0.05, 0) is 29.3 Å². The molecular weight excluding hydrogens is 396 g/mol. The largest absolute Gasteiger partial charge is 0.399 e. The van der Waals surface area contributed by atoms with Crippen LogP contribution in [0.25, 0.3) is 0 Å². The Morgan fingerprint density at radius 2 is 1.47 bits per heavy atom. The highest BCUT2D eigenvalue weighted by Crippen LogP contribution is 2.29. The van der Waals surface area contributed by atoms with Crippen molar-refractivity contribution < 1.29 is 4.79 Å². The van der Waals surface area contributed by atoms with Gasteiger partial charge in [0.2, 0.25) is 5.91 Å². The minimum Gasteiger partial charge on any atom is -0.399 e. The van der Waals surface area contributed by atoms with Gasteiger partial charge in [0.1, 0.15) is 0 Å². The fraction of sp³-hybridized carbons (Fsp3) is 0.296. The number of piperazine rings is 1. The van der Waals surface area contributed by atoms with Crippen molar-refractivity contribution in [3.63, 3.8) is 0 Å². The molecule has 0 unspecified atom stereocenters. The van der Waals surface area contributed by atoms with Gasteiger partial charge in [0.15, 0.2) is 0 Å². The number of hydrogen-bond donors (Lipinski definition) is 1. The maximum atomic E-state index is 12.7. The summed E-state index contributed by atoms with van der Waals surface area (Å²) in [5.41, 5.74) is 10.0. The van der Waals surface area contributed by atoms with E-state index in [-0.39, 0.29) is 11.9 Å². The smallest absolute Gasteiger partial charge is 0.228 e. The molecule has 166 valence electrons. The summed E-state index contributed by atoms with van der Waals surface area (Å²) >= 11 is 0. The number of nitrogens with two attached hydrogens (primary N) is 1. The van der Waals surface area contributed by atoms with Crippen molar-refractivity contribution in [1.29, 1.82) is 0 Å². The minimum absolute atomic E-state index is 0.115. The summed E-state index contributed by atoms with van der Waals surface area (Å²) in [6.07, 6.45) is 0.506. The van der Waals surface area contributed by atoms with Crippen molar-refractivity contribution in [2.45, 2.75) is 12.5 Å². The number of nitrogens with zero attached hydrogens (tertiary/aromatic N) is 3. The molecule has 0 saturated carbocycles. The van der Waals surface area contributed by atoms with E-state index >= 15 is 0 Å². The zero-order valence-electron chi connectivity index (χ0n) is 18.7. The first kappa shape index (κ1) is 22.1. The molecule has 1 heterocycles. The van der Waals surface area contributed by atoms with Crippen molar-refractivity contribution >= 4 is 17.3 Å². The molecule has 1 fully saturated rings. The second-order valence-electron chi connectivity index (χ2n) is 8.40. The molecule has 0 aliphatic carbocycles. The monoisotopic (exact) mass is 428 g/mol. The van der Waals surface area contributed by atoms with Crippen molar-refractivity contribution in [1.82, 2.24) is 9.80 Å². The Bertz CT molecular complexity index is 961. The Labute approximate surface area is 191 Å². The van der Waals surface area contributed by atoms with Crippen LogP contribution in [0.2, 0.25) is 0 Å². The average molecular weight is 429 g/mol. The Morgan fingerprint density at radius 1 is 0.875 bits per heavy atom. The number of carbonyl (C=O) groups excluding carboxylic acids is 1. The van der Waals surface area contributed by atoms with E-state index in [0.29, 0.717) is 12.1 Å². The Morgan fingerprint density at radius 3 is 2.03 bits per heavy atom. The van der Waals surface area contributed by atoms with Crippen LogP contribution in [0, 0.1) is 0 Å². The van der Waals surface area contributed by atoms with Crippen molar-refractivity contribution in [3.8, 4) is 0 Å². The standard InChI is InChI=1S/C27H32N4O/c1-29(25-14-8-13-24(28)21-25)26(32)15-16-30-17-19-31(20-18-30)27(22-9-4-2-5-10-22)23-11-6-3-7-12-23/h2-14,21,27H,15-20,28H2,1H3. The van der Waals surface area contributed by atoms with Gasteiger partial charge in [-0.15, -0.1) is 0 Å². The second kappa shape index (κ2) is 10.4. The van der Waals surface area contributed by atoms with Gasteiger partial charge in [0.25, 0.3) is 0 Å². The molecular formula is C27H32N4O. The molecule has 0 spiro atoms. The van der Waals surface area contributed by atoms with Crippen LogP contribution in [0.15, 0.2) is 84.9 Å². The van der Waals surface area contributed by atoms with Crippen molar-refractivity contribution in [3.05, 3.63) is 96.1 Å². The quantitative estimate of drug-likeness (QED) is 0.578. The third-order valence-corrected chi connectivity index (χ3v) is 6.28. The lowest BCUT2D eigenvalue weighted by molar-refractivity contribution is -0.118. The summed E-state index contributed by atoms with van der Waals surface area (Å²) in [5, 5.41) is 0. The van der Waals surface area contributed by atoms with E-state index in [9.17, 15) is 4.79 Å². The van der Waals surface area contributed by atoms with E-state index in [0.717, 1.165) is 38.4 Å². The molecule has 0 radical (unpaired) electrons. The molecule has 2 N–H and O–H groups in total. The highest BCUT2D eigenvalue weighted by molar-refractivity contribution is 5.93. The van der Waals surface area contributed by atoms with E-state index in [2.05, 4.69) is 70.5 Å². The molecule has 3 aromatic carbocycles. The van der Waals surface area contributed by atoms with E-state index < -0.39 is 0 Å². The molecule has 1 aliphatic heterocycles. The lowest BCUT2D eigenvalue weighted by Gasteiger charge is -2.40. The summed E-state index contributed by atoms with van der Waals surface area (Å²) in [7, 11) is 1.82. The van der Waals surface area contributed by atoms with Gasteiger partial charge in [0, 0.05) is 57.6 Å². The third kappa shape index (κ3) is 5.36. The van der Waals surface area contributed by atoms with Gasteiger partial charge < -0.3 is 15.5 Å². The zero-order chi connectivity index (χ0) is 22.3. The molecule has 32 heavy (non-hydrogen) atoms. The molecule has 5 heteroatoms. The molecule has 3 aromatic rings. The predicted octanol–water partition coefficient (Wildman–Crippen LogP) is 4.03. The number of benzene rings is 3. The number of amides is 1. The summed E-state index contributed by atoms with van der Waals surface area (Å²) in [5.74, 6) is 0.115. The van der Waals surface area contributed by atoms with E-state index in [4.69, 9.17) is 5.73 Å². The van der Waals surface area contributed by atoms with Gasteiger partial charge >= 0.3 is 0 Å². The molecule has 1 aliphatic rings. The van der Waals surface area contributed by atoms with E-state index in [1.54, 1.807) is 4.90 Å². The first-order chi connectivity index (χ1) is 15.6. The lowest BCUT2D eigenvalue weighted by atomic mass is 9.96. The average Bonchev–Trinajstić information content (AvgIpc) is 2.84. The number of carbonyl (C=O) groups is 1. The number of rotatable bonds is 7. The van der Waals surface area contributed by atoms with Gasteiger partial charge in [0.05, 0.1) is 6.04 Å². The normalized spacial score (nSPS) is 15.1. The lowest BCUT2D eigenvalue weighted by Crippen LogP contribution is -2.48. The molecule has 0 aromatic heterocycles. The van der Waals surface area contributed by atoms with Crippen LogP contribution in [0.1, 0.15) is 23.6 Å².